The lowest BCUT2D eigenvalue weighted by molar-refractivity contribution is -0.117. The van der Waals surface area contributed by atoms with E-state index in [9.17, 15) is 9.18 Å². The van der Waals surface area contributed by atoms with Crippen molar-refractivity contribution < 1.29 is 9.18 Å². The van der Waals surface area contributed by atoms with Gasteiger partial charge in [-0.3, -0.25) is 4.79 Å². The fourth-order valence-electron chi connectivity index (χ4n) is 2.14. The Bertz CT molecular complexity index is 814. The quantitative estimate of drug-likeness (QED) is 0.801. The Morgan fingerprint density at radius 2 is 1.91 bits per heavy atom. The number of nitrogens with zero attached hydrogens (tertiary/aromatic N) is 3. The van der Waals surface area contributed by atoms with Gasteiger partial charge < -0.3 is 5.73 Å². The van der Waals surface area contributed by atoms with E-state index in [1.54, 1.807) is 16.8 Å². The zero-order valence-electron chi connectivity index (χ0n) is 11.6. The third-order valence-corrected chi connectivity index (χ3v) is 3.09. The molecule has 1 amide bonds. The van der Waals surface area contributed by atoms with E-state index >= 15 is 0 Å². The molecule has 2 aromatic carbocycles. The van der Waals surface area contributed by atoms with Gasteiger partial charge in [0.25, 0.3) is 0 Å². The second kappa shape index (κ2) is 5.77. The fraction of sp³-hybridized carbons (Fsp3) is 0.0625. The normalized spacial score (nSPS) is 10.6. The number of primary amides is 1. The summed E-state index contributed by atoms with van der Waals surface area (Å²) in [6.07, 6.45) is -0.0444. The zero-order chi connectivity index (χ0) is 15.5. The first-order valence-electron chi connectivity index (χ1n) is 6.69. The van der Waals surface area contributed by atoms with Crippen LogP contribution in [0.15, 0.2) is 54.6 Å². The minimum absolute atomic E-state index is 0.0444. The van der Waals surface area contributed by atoms with Crippen LogP contribution in [-0.4, -0.2) is 20.7 Å². The van der Waals surface area contributed by atoms with Crippen molar-refractivity contribution in [3.8, 4) is 17.1 Å². The van der Waals surface area contributed by atoms with Gasteiger partial charge in [0.2, 0.25) is 5.91 Å². The molecule has 2 N–H and O–H groups in total. The monoisotopic (exact) mass is 296 g/mol. The Kier molecular flexibility index (Phi) is 3.65. The van der Waals surface area contributed by atoms with Crippen molar-refractivity contribution in [2.24, 2.45) is 5.73 Å². The Balaban J connectivity index is 2.10. The highest BCUT2D eigenvalue weighted by atomic mass is 19.1. The number of carbonyl (C=O) groups is 1. The molecule has 1 aromatic heterocycles. The van der Waals surface area contributed by atoms with E-state index in [2.05, 4.69) is 10.1 Å². The molecule has 3 aromatic rings. The second-order valence-corrected chi connectivity index (χ2v) is 4.75. The van der Waals surface area contributed by atoms with Gasteiger partial charge in [0.1, 0.15) is 11.6 Å². The van der Waals surface area contributed by atoms with Crippen molar-refractivity contribution in [3.63, 3.8) is 0 Å². The molecule has 0 bridgehead atoms. The number of hydrogen-bond acceptors (Lipinski definition) is 3. The number of nitrogens with two attached hydrogens (primary N) is 1. The van der Waals surface area contributed by atoms with Gasteiger partial charge in [0.15, 0.2) is 5.82 Å². The summed E-state index contributed by atoms with van der Waals surface area (Å²) in [7, 11) is 0. The molecule has 0 aliphatic carbocycles. The Labute approximate surface area is 126 Å². The standard InChI is InChI=1S/C16H13FN4O/c17-12-6-4-5-11(9-12)16-19-15(10-14(18)22)21(20-16)13-7-2-1-3-8-13/h1-9H,10H2,(H2,18,22). The van der Waals surface area contributed by atoms with Crippen LogP contribution in [0, 0.1) is 5.82 Å². The topological polar surface area (TPSA) is 73.8 Å². The van der Waals surface area contributed by atoms with Crippen LogP contribution in [-0.2, 0) is 11.2 Å². The number of carbonyl (C=O) groups excluding carboxylic acids is 1. The van der Waals surface area contributed by atoms with Crippen LogP contribution in [0.4, 0.5) is 4.39 Å². The summed E-state index contributed by atoms with van der Waals surface area (Å²) in [6, 6.07) is 15.3. The highest BCUT2D eigenvalue weighted by Gasteiger charge is 2.15. The average Bonchev–Trinajstić information content (AvgIpc) is 2.91. The van der Waals surface area contributed by atoms with Gasteiger partial charge in [-0.1, -0.05) is 30.3 Å². The first kappa shape index (κ1) is 13.9. The van der Waals surface area contributed by atoms with Crippen molar-refractivity contribution in [1.82, 2.24) is 14.8 Å². The van der Waals surface area contributed by atoms with E-state index in [1.165, 1.54) is 12.1 Å². The molecule has 0 saturated carbocycles. The third-order valence-electron chi connectivity index (χ3n) is 3.09. The lowest BCUT2D eigenvalue weighted by Crippen LogP contribution is -2.17. The maximum absolute atomic E-state index is 13.4. The molecular weight excluding hydrogens is 283 g/mol. The molecule has 22 heavy (non-hydrogen) atoms. The number of halogens is 1. The molecular formula is C16H13FN4O. The van der Waals surface area contributed by atoms with E-state index < -0.39 is 5.91 Å². The maximum atomic E-state index is 13.4. The molecule has 0 unspecified atom stereocenters. The molecule has 0 atom stereocenters. The number of benzene rings is 2. The minimum atomic E-state index is -0.504. The smallest absolute Gasteiger partial charge is 0.225 e. The molecule has 3 rings (SSSR count). The van der Waals surface area contributed by atoms with Crippen LogP contribution in [0.2, 0.25) is 0 Å². The first-order chi connectivity index (χ1) is 10.6. The number of aromatic nitrogens is 3. The van der Waals surface area contributed by atoms with Gasteiger partial charge in [0, 0.05) is 5.56 Å². The summed E-state index contributed by atoms with van der Waals surface area (Å²) in [5, 5.41) is 4.38. The number of hydrogen-bond donors (Lipinski definition) is 1. The van der Waals surface area contributed by atoms with Crippen LogP contribution in [0.3, 0.4) is 0 Å². The lowest BCUT2D eigenvalue weighted by atomic mass is 10.2. The molecule has 6 heteroatoms. The van der Waals surface area contributed by atoms with Crippen molar-refractivity contribution >= 4 is 5.91 Å². The first-order valence-corrected chi connectivity index (χ1v) is 6.69. The fourth-order valence-corrected chi connectivity index (χ4v) is 2.14. The van der Waals surface area contributed by atoms with E-state index in [4.69, 9.17) is 5.73 Å². The van der Waals surface area contributed by atoms with Crippen LogP contribution in [0.25, 0.3) is 17.1 Å². The highest BCUT2D eigenvalue weighted by molar-refractivity contribution is 5.76. The maximum Gasteiger partial charge on any atom is 0.225 e. The SMILES string of the molecule is NC(=O)Cc1nc(-c2cccc(F)c2)nn1-c1ccccc1. The average molecular weight is 296 g/mol. The second-order valence-electron chi connectivity index (χ2n) is 4.75. The minimum Gasteiger partial charge on any atom is -0.369 e. The van der Waals surface area contributed by atoms with Crippen molar-refractivity contribution in [1.29, 1.82) is 0 Å². The highest BCUT2D eigenvalue weighted by Crippen LogP contribution is 2.19. The van der Waals surface area contributed by atoms with E-state index in [1.807, 2.05) is 30.3 Å². The van der Waals surface area contributed by atoms with Gasteiger partial charge in [-0.05, 0) is 24.3 Å². The summed E-state index contributed by atoms with van der Waals surface area (Å²) in [5.41, 5.74) is 6.56. The van der Waals surface area contributed by atoms with Gasteiger partial charge in [-0.25, -0.2) is 14.1 Å². The van der Waals surface area contributed by atoms with Crippen LogP contribution < -0.4 is 5.73 Å². The molecule has 0 aliphatic heterocycles. The van der Waals surface area contributed by atoms with Gasteiger partial charge in [-0.2, -0.15) is 0 Å². The van der Waals surface area contributed by atoms with Crippen molar-refractivity contribution in [2.75, 3.05) is 0 Å². The van der Waals surface area contributed by atoms with Crippen LogP contribution >= 0.6 is 0 Å². The number of rotatable bonds is 4. The predicted octanol–water partition coefficient (Wildman–Crippen LogP) is 2.10. The zero-order valence-corrected chi connectivity index (χ0v) is 11.6. The summed E-state index contributed by atoms with van der Waals surface area (Å²) in [4.78, 5) is 15.6. The summed E-state index contributed by atoms with van der Waals surface area (Å²) >= 11 is 0. The molecule has 110 valence electrons. The van der Waals surface area contributed by atoms with Crippen LogP contribution in [0.5, 0.6) is 0 Å². The lowest BCUT2D eigenvalue weighted by Gasteiger charge is -2.03. The molecule has 0 spiro atoms. The van der Waals surface area contributed by atoms with Crippen molar-refractivity contribution in [2.45, 2.75) is 6.42 Å². The predicted molar refractivity (Wildman–Crippen MR) is 79.7 cm³/mol. The van der Waals surface area contributed by atoms with E-state index in [0.717, 1.165) is 5.69 Å². The largest absolute Gasteiger partial charge is 0.369 e. The van der Waals surface area contributed by atoms with Gasteiger partial charge in [0.05, 0.1) is 12.1 Å². The molecule has 0 saturated heterocycles. The van der Waals surface area contributed by atoms with E-state index in [-0.39, 0.29) is 12.2 Å². The summed E-state index contributed by atoms with van der Waals surface area (Å²) < 4.78 is 14.9. The summed E-state index contributed by atoms with van der Waals surface area (Å²) in [6.45, 7) is 0. The Morgan fingerprint density at radius 1 is 1.14 bits per heavy atom. The van der Waals surface area contributed by atoms with Crippen molar-refractivity contribution in [3.05, 3.63) is 66.2 Å². The Hall–Kier alpha value is -3.02. The molecule has 5 nitrogen and oxygen atoms in total. The molecule has 0 aliphatic rings. The number of amides is 1. The Morgan fingerprint density at radius 3 is 2.59 bits per heavy atom. The van der Waals surface area contributed by atoms with Gasteiger partial charge >= 0.3 is 0 Å². The van der Waals surface area contributed by atoms with Crippen LogP contribution in [0.1, 0.15) is 5.82 Å². The van der Waals surface area contributed by atoms with E-state index in [0.29, 0.717) is 17.2 Å². The molecule has 1 heterocycles. The summed E-state index contributed by atoms with van der Waals surface area (Å²) in [5.74, 6) is -0.113. The molecule has 0 radical (unpaired) electrons. The molecule has 0 fully saturated rings. The number of para-hydroxylation sites is 1. The third kappa shape index (κ3) is 2.85. The van der Waals surface area contributed by atoms with Gasteiger partial charge in [-0.15, -0.1) is 5.10 Å².